The van der Waals surface area contributed by atoms with Crippen LogP contribution in [0.15, 0.2) is 29.3 Å². The van der Waals surface area contributed by atoms with Crippen molar-refractivity contribution in [1.82, 2.24) is 5.32 Å². The number of rotatable bonds is 7. The van der Waals surface area contributed by atoms with Crippen LogP contribution in [0.2, 0.25) is 0 Å². The van der Waals surface area contributed by atoms with Gasteiger partial charge >= 0.3 is 5.97 Å². The second-order valence-corrected chi connectivity index (χ2v) is 4.36. The number of carboxylic acids is 1. The van der Waals surface area contributed by atoms with Gasteiger partial charge in [0.05, 0.1) is 0 Å². The number of nitrogens with two attached hydrogens (primary N) is 2. The Morgan fingerprint density at radius 1 is 1.24 bits per heavy atom. The Labute approximate surface area is 121 Å². The smallest absolute Gasteiger partial charge is 0.326 e. The monoisotopic (exact) mass is 294 g/mol. The largest absolute Gasteiger partial charge is 0.508 e. The van der Waals surface area contributed by atoms with Crippen molar-refractivity contribution in [3.8, 4) is 5.75 Å². The zero-order valence-electron chi connectivity index (χ0n) is 11.3. The first-order valence-corrected chi connectivity index (χ1v) is 6.28. The maximum absolute atomic E-state index is 11.9. The van der Waals surface area contributed by atoms with E-state index < -0.39 is 17.9 Å². The topological polar surface area (TPSA) is 151 Å². The predicted molar refractivity (Wildman–Crippen MR) is 76.9 cm³/mol. The van der Waals surface area contributed by atoms with E-state index in [9.17, 15) is 9.59 Å². The van der Waals surface area contributed by atoms with E-state index in [0.717, 1.165) is 0 Å². The fourth-order valence-electron chi connectivity index (χ4n) is 1.62. The number of phenols is 1. The number of carbonyl (C=O) groups is 2. The molecule has 21 heavy (non-hydrogen) atoms. The molecule has 0 bridgehead atoms. The number of nitrogens with one attached hydrogen (secondary N) is 1. The van der Waals surface area contributed by atoms with Crippen LogP contribution >= 0.6 is 0 Å². The first kappa shape index (κ1) is 16.3. The third-order valence-corrected chi connectivity index (χ3v) is 2.68. The van der Waals surface area contributed by atoms with Gasteiger partial charge in [0.25, 0.3) is 5.91 Å². The molecule has 1 rings (SSSR count). The first-order chi connectivity index (χ1) is 9.90. The van der Waals surface area contributed by atoms with Gasteiger partial charge in [-0.05, 0) is 37.1 Å². The number of aromatic hydroxyl groups is 1. The molecule has 1 aromatic rings. The molecule has 0 saturated heterocycles. The molecule has 0 fully saturated rings. The van der Waals surface area contributed by atoms with Crippen LogP contribution < -0.4 is 16.8 Å². The van der Waals surface area contributed by atoms with Crippen LogP contribution in [0.25, 0.3) is 0 Å². The minimum atomic E-state index is -1.13. The van der Waals surface area contributed by atoms with E-state index in [1.165, 1.54) is 24.3 Å². The maximum atomic E-state index is 11.9. The summed E-state index contributed by atoms with van der Waals surface area (Å²) in [6.45, 7) is 0.293. The zero-order valence-corrected chi connectivity index (χ0v) is 11.3. The molecule has 114 valence electrons. The summed E-state index contributed by atoms with van der Waals surface area (Å²) in [6.07, 6.45) is 0.626. The van der Waals surface area contributed by atoms with E-state index in [0.29, 0.717) is 13.0 Å². The highest BCUT2D eigenvalue weighted by atomic mass is 16.4. The van der Waals surface area contributed by atoms with Gasteiger partial charge in [-0.1, -0.05) is 0 Å². The number of nitrogens with zero attached hydrogens (tertiary/aromatic N) is 1. The lowest BCUT2D eigenvalue weighted by atomic mass is 10.1. The van der Waals surface area contributed by atoms with Crippen LogP contribution in [0.5, 0.6) is 5.75 Å². The lowest BCUT2D eigenvalue weighted by molar-refractivity contribution is -0.139. The van der Waals surface area contributed by atoms with Crippen molar-refractivity contribution in [3.05, 3.63) is 29.8 Å². The number of benzene rings is 1. The van der Waals surface area contributed by atoms with Gasteiger partial charge < -0.3 is 27.0 Å². The van der Waals surface area contributed by atoms with Gasteiger partial charge in [0.1, 0.15) is 11.8 Å². The highest BCUT2D eigenvalue weighted by molar-refractivity contribution is 5.96. The fourth-order valence-corrected chi connectivity index (χ4v) is 1.62. The first-order valence-electron chi connectivity index (χ1n) is 6.28. The minimum Gasteiger partial charge on any atom is -0.508 e. The molecule has 0 aliphatic heterocycles. The molecule has 0 radical (unpaired) electrons. The van der Waals surface area contributed by atoms with Crippen molar-refractivity contribution in [1.29, 1.82) is 0 Å². The molecule has 0 aliphatic carbocycles. The van der Waals surface area contributed by atoms with Gasteiger partial charge in [0.15, 0.2) is 5.96 Å². The molecule has 0 heterocycles. The average Bonchev–Trinajstić information content (AvgIpc) is 2.42. The van der Waals surface area contributed by atoms with Crippen molar-refractivity contribution in [2.24, 2.45) is 16.5 Å². The Balaban J connectivity index is 2.57. The molecule has 8 nitrogen and oxygen atoms in total. The van der Waals surface area contributed by atoms with Gasteiger partial charge in [-0.25, -0.2) is 4.79 Å². The molecule has 1 aromatic carbocycles. The molecule has 0 saturated carbocycles. The highest BCUT2D eigenvalue weighted by Crippen LogP contribution is 2.10. The third-order valence-electron chi connectivity index (χ3n) is 2.68. The summed E-state index contributed by atoms with van der Waals surface area (Å²) >= 11 is 0. The molecule has 8 heteroatoms. The van der Waals surface area contributed by atoms with E-state index >= 15 is 0 Å². The van der Waals surface area contributed by atoms with Crippen LogP contribution in [0.1, 0.15) is 23.2 Å². The summed E-state index contributed by atoms with van der Waals surface area (Å²) in [4.78, 5) is 26.7. The normalized spacial score (nSPS) is 11.4. The summed E-state index contributed by atoms with van der Waals surface area (Å²) in [5, 5.41) is 20.6. The molecule has 0 aliphatic rings. The number of phenolic OH excluding ortho intramolecular Hbond substituents is 1. The Morgan fingerprint density at radius 3 is 2.38 bits per heavy atom. The summed E-state index contributed by atoms with van der Waals surface area (Å²) in [5.41, 5.74) is 10.6. The number of carbonyl (C=O) groups excluding carboxylic acids is 1. The number of guanidine groups is 1. The Hall–Kier alpha value is -2.77. The van der Waals surface area contributed by atoms with Gasteiger partial charge in [0, 0.05) is 12.1 Å². The minimum absolute atomic E-state index is 0.0265. The molecule has 0 unspecified atom stereocenters. The lowest BCUT2D eigenvalue weighted by Gasteiger charge is -2.14. The SMILES string of the molecule is NC(N)=NCCC[C@@H](NC(=O)c1ccc(O)cc1)C(=O)O. The molecular formula is C13H18N4O4. The van der Waals surface area contributed by atoms with Gasteiger partial charge in [-0.2, -0.15) is 0 Å². The van der Waals surface area contributed by atoms with Gasteiger partial charge in [-0.3, -0.25) is 9.79 Å². The number of aliphatic imine (C=N–C) groups is 1. The van der Waals surface area contributed by atoms with E-state index in [1.54, 1.807) is 0 Å². The van der Waals surface area contributed by atoms with E-state index in [2.05, 4.69) is 10.3 Å². The highest BCUT2D eigenvalue weighted by Gasteiger charge is 2.20. The molecular weight excluding hydrogens is 276 g/mol. The summed E-state index contributed by atoms with van der Waals surface area (Å²) < 4.78 is 0. The second kappa shape index (κ2) is 7.73. The number of carboxylic acid groups (broad SMARTS) is 1. The Bertz CT molecular complexity index is 523. The predicted octanol–water partition coefficient (Wildman–Crippen LogP) is -0.371. The van der Waals surface area contributed by atoms with Crippen LogP contribution in [0, 0.1) is 0 Å². The van der Waals surface area contributed by atoms with Crippen molar-refractivity contribution in [2.45, 2.75) is 18.9 Å². The van der Waals surface area contributed by atoms with Crippen LogP contribution in [-0.2, 0) is 4.79 Å². The second-order valence-electron chi connectivity index (χ2n) is 4.36. The number of hydrogen-bond donors (Lipinski definition) is 5. The third kappa shape index (κ3) is 5.81. The standard InChI is InChI=1S/C13H18N4O4/c14-13(15)16-7-1-2-10(12(20)21)17-11(19)8-3-5-9(18)6-4-8/h3-6,10,18H,1-2,7H2,(H,17,19)(H,20,21)(H4,14,15,16)/t10-/m1/s1. The van der Waals surface area contributed by atoms with E-state index in [1.807, 2.05) is 0 Å². The quantitative estimate of drug-likeness (QED) is 0.263. The fraction of sp³-hybridized carbons (Fsp3) is 0.308. The van der Waals surface area contributed by atoms with Gasteiger partial charge in [-0.15, -0.1) is 0 Å². The average molecular weight is 294 g/mol. The van der Waals surface area contributed by atoms with Crippen LogP contribution in [0.3, 0.4) is 0 Å². The van der Waals surface area contributed by atoms with Crippen molar-refractivity contribution in [3.63, 3.8) is 0 Å². The molecule has 0 spiro atoms. The molecule has 7 N–H and O–H groups in total. The van der Waals surface area contributed by atoms with Crippen molar-refractivity contribution in [2.75, 3.05) is 6.54 Å². The maximum Gasteiger partial charge on any atom is 0.326 e. The lowest BCUT2D eigenvalue weighted by Crippen LogP contribution is -2.40. The van der Waals surface area contributed by atoms with Crippen LogP contribution in [-0.4, -0.2) is 40.6 Å². The van der Waals surface area contributed by atoms with Crippen molar-refractivity contribution < 1.29 is 19.8 Å². The van der Waals surface area contributed by atoms with Crippen LogP contribution in [0.4, 0.5) is 0 Å². The zero-order chi connectivity index (χ0) is 15.8. The van der Waals surface area contributed by atoms with Crippen molar-refractivity contribution >= 4 is 17.8 Å². The Kier molecular flexibility index (Phi) is 5.99. The Morgan fingerprint density at radius 2 is 1.86 bits per heavy atom. The summed E-state index contributed by atoms with van der Waals surface area (Å²) in [6, 6.07) is 4.49. The number of aliphatic carboxylic acids is 1. The van der Waals surface area contributed by atoms with E-state index in [-0.39, 0.29) is 23.7 Å². The molecule has 1 atom stereocenters. The van der Waals surface area contributed by atoms with Gasteiger partial charge in [0.2, 0.25) is 0 Å². The number of amides is 1. The number of hydrogen-bond acceptors (Lipinski definition) is 4. The summed E-state index contributed by atoms with van der Waals surface area (Å²) in [5.74, 6) is -1.69. The molecule has 1 amide bonds. The summed E-state index contributed by atoms with van der Waals surface area (Å²) in [7, 11) is 0. The molecule has 0 aromatic heterocycles. The van der Waals surface area contributed by atoms with E-state index in [4.69, 9.17) is 21.7 Å².